The first-order valence-electron chi connectivity index (χ1n) is 5.47. The summed E-state index contributed by atoms with van der Waals surface area (Å²) in [6, 6.07) is 8.35. The minimum absolute atomic E-state index is 0.0376. The summed E-state index contributed by atoms with van der Waals surface area (Å²) < 4.78 is 1.11. The van der Waals surface area contributed by atoms with E-state index < -0.39 is 0 Å². The minimum Gasteiger partial charge on any atom is -0.396 e. The number of aliphatic hydroxyl groups is 1. The maximum absolute atomic E-state index is 9.21. The second kappa shape index (κ2) is 5.80. The van der Waals surface area contributed by atoms with Crippen LogP contribution in [0.3, 0.4) is 0 Å². The molecule has 0 fully saturated rings. The molecule has 0 saturated heterocycles. The lowest BCUT2D eigenvalue weighted by atomic mass is 9.94. The van der Waals surface area contributed by atoms with Crippen LogP contribution in [0, 0.1) is 5.41 Å². The zero-order chi connectivity index (χ0) is 12.2. The standard InChI is InChI=1S/C13H20BrNO/c1-13(2,10-16)9-15(3)8-11-4-6-12(14)7-5-11/h4-7,16H,8-10H2,1-3H3. The first-order valence-corrected chi connectivity index (χ1v) is 6.26. The average molecular weight is 286 g/mol. The molecule has 0 amide bonds. The third-order valence-corrected chi connectivity index (χ3v) is 3.02. The van der Waals surface area contributed by atoms with Crippen molar-refractivity contribution in [3.05, 3.63) is 34.3 Å². The van der Waals surface area contributed by atoms with Crippen LogP contribution >= 0.6 is 15.9 Å². The lowest BCUT2D eigenvalue weighted by molar-refractivity contribution is 0.112. The Bertz CT molecular complexity index is 321. The normalized spacial score (nSPS) is 12.1. The Hall–Kier alpha value is -0.380. The van der Waals surface area contributed by atoms with Gasteiger partial charge in [0.15, 0.2) is 0 Å². The number of aliphatic hydroxyl groups excluding tert-OH is 1. The Morgan fingerprint density at radius 2 is 1.81 bits per heavy atom. The summed E-state index contributed by atoms with van der Waals surface area (Å²) in [6.45, 7) is 6.17. The van der Waals surface area contributed by atoms with Gasteiger partial charge in [-0.05, 0) is 24.7 Å². The Morgan fingerprint density at radius 3 is 2.31 bits per heavy atom. The zero-order valence-electron chi connectivity index (χ0n) is 10.2. The van der Waals surface area contributed by atoms with Crippen LogP contribution < -0.4 is 0 Å². The molecule has 0 radical (unpaired) electrons. The predicted octanol–water partition coefficient (Wildman–Crippen LogP) is 2.90. The fourth-order valence-corrected chi connectivity index (χ4v) is 2.00. The van der Waals surface area contributed by atoms with Crippen molar-refractivity contribution in [3.8, 4) is 0 Å². The van der Waals surface area contributed by atoms with E-state index in [9.17, 15) is 5.11 Å². The van der Waals surface area contributed by atoms with Crippen molar-refractivity contribution in [2.24, 2.45) is 5.41 Å². The molecule has 0 saturated carbocycles. The largest absolute Gasteiger partial charge is 0.396 e. The molecular formula is C13H20BrNO. The highest BCUT2D eigenvalue weighted by Gasteiger charge is 2.18. The van der Waals surface area contributed by atoms with Crippen molar-refractivity contribution in [1.29, 1.82) is 0 Å². The summed E-state index contributed by atoms with van der Waals surface area (Å²) in [4.78, 5) is 2.24. The van der Waals surface area contributed by atoms with Gasteiger partial charge >= 0.3 is 0 Å². The van der Waals surface area contributed by atoms with Gasteiger partial charge in [-0.25, -0.2) is 0 Å². The number of rotatable bonds is 5. The summed E-state index contributed by atoms with van der Waals surface area (Å²) in [5.74, 6) is 0. The Kier molecular flexibility index (Phi) is 4.96. The first kappa shape index (κ1) is 13.7. The summed E-state index contributed by atoms with van der Waals surface area (Å²) >= 11 is 3.43. The molecule has 0 bridgehead atoms. The van der Waals surface area contributed by atoms with Gasteiger partial charge in [0.2, 0.25) is 0 Å². The fraction of sp³-hybridized carbons (Fsp3) is 0.538. The summed E-state index contributed by atoms with van der Waals surface area (Å²) in [5, 5.41) is 9.21. The number of nitrogens with zero attached hydrogens (tertiary/aromatic N) is 1. The number of hydrogen-bond acceptors (Lipinski definition) is 2. The molecule has 0 unspecified atom stereocenters. The van der Waals surface area contributed by atoms with Gasteiger partial charge in [0, 0.05) is 29.6 Å². The van der Waals surface area contributed by atoms with Crippen molar-refractivity contribution in [2.45, 2.75) is 20.4 Å². The van der Waals surface area contributed by atoms with Gasteiger partial charge in [0.1, 0.15) is 0 Å². The van der Waals surface area contributed by atoms with E-state index in [1.54, 1.807) is 0 Å². The average Bonchev–Trinajstić information content (AvgIpc) is 2.21. The van der Waals surface area contributed by atoms with Crippen LogP contribution in [0.2, 0.25) is 0 Å². The summed E-state index contributed by atoms with van der Waals surface area (Å²) in [6.07, 6.45) is 0. The molecule has 90 valence electrons. The molecule has 0 heterocycles. The van der Waals surface area contributed by atoms with Gasteiger partial charge in [0.25, 0.3) is 0 Å². The summed E-state index contributed by atoms with van der Waals surface area (Å²) in [5.41, 5.74) is 1.25. The molecule has 1 aromatic rings. The van der Waals surface area contributed by atoms with Crippen LogP contribution in [0.25, 0.3) is 0 Å². The molecule has 0 atom stereocenters. The van der Waals surface area contributed by atoms with Crippen molar-refractivity contribution in [1.82, 2.24) is 4.90 Å². The number of benzene rings is 1. The molecule has 1 N–H and O–H groups in total. The molecule has 1 rings (SSSR count). The smallest absolute Gasteiger partial charge is 0.0494 e. The molecule has 0 aliphatic heterocycles. The van der Waals surface area contributed by atoms with Crippen LogP contribution in [-0.4, -0.2) is 30.2 Å². The van der Waals surface area contributed by atoms with Gasteiger partial charge in [0.05, 0.1) is 0 Å². The molecule has 3 heteroatoms. The Morgan fingerprint density at radius 1 is 1.25 bits per heavy atom. The quantitative estimate of drug-likeness (QED) is 0.899. The second-order valence-electron chi connectivity index (χ2n) is 5.12. The van der Waals surface area contributed by atoms with Crippen LogP contribution in [-0.2, 0) is 6.54 Å². The highest BCUT2D eigenvalue weighted by atomic mass is 79.9. The van der Waals surface area contributed by atoms with Gasteiger partial charge in [-0.15, -0.1) is 0 Å². The topological polar surface area (TPSA) is 23.5 Å². The van der Waals surface area contributed by atoms with Gasteiger partial charge in [-0.1, -0.05) is 41.9 Å². The van der Waals surface area contributed by atoms with Crippen LogP contribution in [0.4, 0.5) is 0 Å². The van der Waals surface area contributed by atoms with Gasteiger partial charge < -0.3 is 10.0 Å². The van der Waals surface area contributed by atoms with E-state index in [-0.39, 0.29) is 12.0 Å². The third kappa shape index (κ3) is 4.64. The maximum atomic E-state index is 9.21. The highest BCUT2D eigenvalue weighted by Crippen LogP contribution is 2.17. The lowest BCUT2D eigenvalue weighted by Crippen LogP contribution is -2.33. The molecule has 0 aliphatic rings. The van der Waals surface area contributed by atoms with E-state index in [0.717, 1.165) is 17.6 Å². The molecule has 0 aliphatic carbocycles. The molecule has 16 heavy (non-hydrogen) atoms. The Labute approximate surface area is 106 Å². The zero-order valence-corrected chi connectivity index (χ0v) is 11.8. The minimum atomic E-state index is -0.0376. The number of hydrogen-bond donors (Lipinski definition) is 1. The highest BCUT2D eigenvalue weighted by molar-refractivity contribution is 9.10. The van der Waals surface area contributed by atoms with Crippen molar-refractivity contribution in [2.75, 3.05) is 20.2 Å². The monoisotopic (exact) mass is 285 g/mol. The van der Waals surface area contributed by atoms with E-state index in [2.05, 4.69) is 66.0 Å². The molecular weight excluding hydrogens is 266 g/mol. The van der Waals surface area contributed by atoms with Crippen LogP contribution in [0.15, 0.2) is 28.7 Å². The van der Waals surface area contributed by atoms with Crippen molar-refractivity contribution in [3.63, 3.8) is 0 Å². The second-order valence-corrected chi connectivity index (χ2v) is 6.04. The molecule has 0 spiro atoms. The molecule has 1 aromatic carbocycles. The Balaban J connectivity index is 2.51. The van der Waals surface area contributed by atoms with Crippen LogP contribution in [0.5, 0.6) is 0 Å². The van der Waals surface area contributed by atoms with Crippen molar-refractivity contribution >= 4 is 15.9 Å². The third-order valence-electron chi connectivity index (χ3n) is 2.49. The number of halogens is 1. The van der Waals surface area contributed by atoms with E-state index in [4.69, 9.17) is 0 Å². The summed E-state index contributed by atoms with van der Waals surface area (Å²) in [7, 11) is 2.08. The van der Waals surface area contributed by atoms with Crippen LogP contribution in [0.1, 0.15) is 19.4 Å². The van der Waals surface area contributed by atoms with E-state index in [1.165, 1.54) is 5.56 Å². The lowest BCUT2D eigenvalue weighted by Gasteiger charge is -2.28. The molecule has 0 aromatic heterocycles. The maximum Gasteiger partial charge on any atom is 0.0494 e. The van der Waals surface area contributed by atoms with E-state index >= 15 is 0 Å². The van der Waals surface area contributed by atoms with E-state index in [1.807, 2.05) is 0 Å². The van der Waals surface area contributed by atoms with Gasteiger partial charge in [-0.3, -0.25) is 0 Å². The predicted molar refractivity (Wildman–Crippen MR) is 71.3 cm³/mol. The van der Waals surface area contributed by atoms with Gasteiger partial charge in [-0.2, -0.15) is 0 Å². The molecule has 2 nitrogen and oxygen atoms in total. The SMILES string of the molecule is CN(Cc1ccc(Br)cc1)CC(C)(C)CO. The fourth-order valence-electron chi connectivity index (χ4n) is 1.74. The van der Waals surface area contributed by atoms with Crippen molar-refractivity contribution < 1.29 is 5.11 Å². The first-order chi connectivity index (χ1) is 7.43. The van der Waals surface area contributed by atoms with E-state index in [0.29, 0.717) is 0 Å².